The first-order valence-corrected chi connectivity index (χ1v) is 13.6. The molecule has 1 aliphatic rings. The molecule has 2 rings (SSSR count). The fourth-order valence-electron chi connectivity index (χ4n) is 4.64. The molecule has 1 aromatic carbocycles. The summed E-state index contributed by atoms with van der Waals surface area (Å²) in [5, 5.41) is 11.1. The normalized spacial score (nSPS) is 27.0. The molecule has 0 radical (unpaired) electrons. The highest BCUT2D eigenvalue weighted by atomic mass is 16.6. The minimum atomic E-state index is -1.13. The number of benzene rings is 1. The van der Waals surface area contributed by atoms with E-state index in [9.17, 15) is 19.5 Å². The number of amides is 1. The van der Waals surface area contributed by atoms with Crippen LogP contribution in [-0.2, 0) is 30.3 Å². The highest BCUT2D eigenvalue weighted by Crippen LogP contribution is 2.25. The smallest absolute Gasteiger partial charge is 0.313 e. The Bertz CT molecular complexity index is 828. The summed E-state index contributed by atoms with van der Waals surface area (Å²) in [5.74, 6) is -2.38. The van der Waals surface area contributed by atoms with Gasteiger partial charge in [0.2, 0.25) is 0 Å². The fraction of sp³-hybridized carbons (Fsp3) is 0.690. The predicted molar refractivity (Wildman–Crippen MR) is 139 cm³/mol. The van der Waals surface area contributed by atoms with Gasteiger partial charge in [-0.2, -0.15) is 0 Å². The molecular weight excluding hydrogens is 458 g/mol. The zero-order valence-electron chi connectivity index (χ0n) is 22.7. The summed E-state index contributed by atoms with van der Waals surface area (Å²) in [6, 6.07) is 8.84. The molecule has 7 nitrogen and oxygen atoms in total. The highest BCUT2D eigenvalue weighted by molar-refractivity contribution is 5.85. The van der Waals surface area contributed by atoms with Crippen molar-refractivity contribution < 1.29 is 29.0 Å². The van der Waals surface area contributed by atoms with Crippen molar-refractivity contribution in [1.82, 2.24) is 4.90 Å². The van der Waals surface area contributed by atoms with Crippen LogP contribution in [0, 0.1) is 11.8 Å². The Labute approximate surface area is 216 Å². The quantitative estimate of drug-likeness (QED) is 0.368. The van der Waals surface area contributed by atoms with Crippen LogP contribution in [0.4, 0.5) is 0 Å². The molecule has 0 aromatic heterocycles. The maximum absolute atomic E-state index is 13.6. The molecule has 1 heterocycles. The summed E-state index contributed by atoms with van der Waals surface area (Å²) >= 11 is 0. The van der Waals surface area contributed by atoms with E-state index in [1.54, 1.807) is 14.0 Å². The molecule has 1 fully saturated rings. The molecule has 36 heavy (non-hydrogen) atoms. The molecule has 1 amide bonds. The van der Waals surface area contributed by atoms with Crippen LogP contribution in [0.3, 0.4) is 0 Å². The Hall–Kier alpha value is -2.41. The highest BCUT2D eigenvalue weighted by Gasteiger charge is 2.40. The maximum Gasteiger partial charge on any atom is 0.313 e. The lowest BCUT2D eigenvalue weighted by atomic mass is 9.94. The van der Waals surface area contributed by atoms with Gasteiger partial charge in [0.1, 0.15) is 6.10 Å². The van der Waals surface area contributed by atoms with Crippen molar-refractivity contribution in [2.75, 3.05) is 7.05 Å². The molecule has 1 aromatic rings. The van der Waals surface area contributed by atoms with Crippen LogP contribution >= 0.6 is 0 Å². The van der Waals surface area contributed by atoms with Crippen LogP contribution in [0.25, 0.3) is 0 Å². The maximum atomic E-state index is 13.6. The minimum absolute atomic E-state index is 0.205. The van der Waals surface area contributed by atoms with Crippen LogP contribution in [-0.4, -0.2) is 59.3 Å². The third kappa shape index (κ3) is 8.61. The van der Waals surface area contributed by atoms with Gasteiger partial charge in [-0.05, 0) is 38.2 Å². The second-order valence-electron chi connectivity index (χ2n) is 10.2. The van der Waals surface area contributed by atoms with E-state index in [1.165, 1.54) is 4.90 Å². The van der Waals surface area contributed by atoms with Crippen molar-refractivity contribution in [3.05, 3.63) is 35.9 Å². The molecule has 0 saturated carbocycles. The largest absolute Gasteiger partial charge is 0.461 e. The third-order valence-electron chi connectivity index (χ3n) is 7.40. The lowest BCUT2D eigenvalue weighted by Crippen LogP contribution is -2.53. The summed E-state index contributed by atoms with van der Waals surface area (Å²) < 4.78 is 11.6. The molecular formula is C29H45NO6. The Morgan fingerprint density at radius 2 is 1.69 bits per heavy atom. The SMILES string of the molecule is CCCCCCCC1OC(=O)C[C@@H](O)[C@H](Cc2ccccc2)N(C)C(=O)C(C(C)CC)OC(=O)[C@H]1C. The molecule has 0 bridgehead atoms. The molecule has 1 saturated heterocycles. The lowest BCUT2D eigenvalue weighted by molar-refractivity contribution is -0.177. The van der Waals surface area contributed by atoms with Crippen LogP contribution in [0.15, 0.2) is 30.3 Å². The van der Waals surface area contributed by atoms with Gasteiger partial charge in [0.05, 0.1) is 24.5 Å². The summed E-state index contributed by atoms with van der Waals surface area (Å²) in [6.07, 6.45) is 3.71. The van der Waals surface area contributed by atoms with E-state index in [2.05, 4.69) is 6.92 Å². The predicted octanol–water partition coefficient (Wildman–Crippen LogP) is 4.69. The molecule has 1 aliphatic heterocycles. The number of cyclic esters (lactones) is 2. The van der Waals surface area contributed by atoms with Crippen molar-refractivity contribution in [2.24, 2.45) is 11.8 Å². The molecule has 6 atom stereocenters. The molecule has 0 spiro atoms. The van der Waals surface area contributed by atoms with E-state index < -0.39 is 42.2 Å². The first-order valence-electron chi connectivity index (χ1n) is 13.6. The van der Waals surface area contributed by atoms with Gasteiger partial charge in [-0.3, -0.25) is 14.4 Å². The van der Waals surface area contributed by atoms with Crippen LogP contribution in [0.1, 0.15) is 84.6 Å². The molecule has 0 aliphatic carbocycles. The number of hydrogen-bond donors (Lipinski definition) is 1. The molecule has 7 heteroatoms. The summed E-state index contributed by atoms with van der Waals surface area (Å²) in [5.41, 5.74) is 0.928. The average molecular weight is 504 g/mol. The second-order valence-corrected chi connectivity index (χ2v) is 10.2. The monoisotopic (exact) mass is 503 g/mol. The van der Waals surface area contributed by atoms with Gasteiger partial charge in [-0.25, -0.2) is 0 Å². The molecule has 1 N–H and O–H groups in total. The van der Waals surface area contributed by atoms with Crippen molar-refractivity contribution in [1.29, 1.82) is 0 Å². The number of hydrogen-bond acceptors (Lipinski definition) is 6. The van der Waals surface area contributed by atoms with Crippen molar-refractivity contribution in [3.63, 3.8) is 0 Å². The number of rotatable bonds is 10. The number of esters is 2. The lowest BCUT2D eigenvalue weighted by Gasteiger charge is -2.37. The van der Waals surface area contributed by atoms with Gasteiger partial charge in [0.15, 0.2) is 6.10 Å². The van der Waals surface area contributed by atoms with Crippen molar-refractivity contribution in [3.8, 4) is 0 Å². The fourth-order valence-corrected chi connectivity index (χ4v) is 4.64. The van der Waals surface area contributed by atoms with Crippen LogP contribution in [0.5, 0.6) is 0 Å². The van der Waals surface area contributed by atoms with Crippen molar-refractivity contribution >= 4 is 17.8 Å². The van der Waals surface area contributed by atoms with Gasteiger partial charge in [0, 0.05) is 13.0 Å². The summed E-state index contributed by atoms with van der Waals surface area (Å²) in [4.78, 5) is 41.1. The van der Waals surface area contributed by atoms with Gasteiger partial charge < -0.3 is 19.5 Å². The number of aliphatic hydroxyl groups excluding tert-OH is 1. The zero-order valence-corrected chi connectivity index (χ0v) is 22.7. The minimum Gasteiger partial charge on any atom is -0.461 e. The summed E-state index contributed by atoms with van der Waals surface area (Å²) in [6.45, 7) is 7.67. The van der Waals surface area contributed by atoms with E-state index in [0.717, 1.165) is 37.7 Å². The number of nitrogens with zero attached hydrogens (tertiary/aromatic N) is 1. The number of carbonyl (C=O) groups excluding carboxylic acids is 3. The van der Waals surface area contributed by atoms with Gasteiger partial charge >= 0.3 is 11.9 Å². The van der Waals surface area contributed by atoms with Crippen LogP contribution < -0.4 is 0 Å². The van der Waals surface area contributed by atoms with E-state index in [1.807, 2.05) is 44.2 Å². The Morgan fingerprint density at radius 1 is 1.03 bits per heavy atom. The van der Waals surface area contributed by atoms with E-state index in [0.29, 0.717) is 19.3 Å². The second kappa shape index (κ2) is 15.0. The topological polar surface area (TPSA) is 93.1 Å². The number of unbranched alkanes of at least 4 members (excludes halogenated alkanes) is 4. The summed E-state index contributed by atoms with van der Waals surface area (Å²) in [7, 11) is 1.60. The Balaban J connectivity index is 2.34. The zero-order chi connectivity index (χ0) is 26.7. The van der Waals surface area contributed by atoms with Gasteiger partial charge in [-0.15, -0.1) is 0 Å². The number of aliphatic hydroxyl groups is 1. The van der Waals surface area contributed by atoms with Gasteiger partial charge in [0.25, 0.3) is 5.91 Å². The Kier molecular flexibility index (Phi) is 12.4. The average Bonchev–Trinajstić information content (AvgIpc) is 2.87. The van der Waals surface area contributed by atoms with Crippen LogP contribution in [0.2, 0.25) is 0 Å². The first kappa shape index (κ1) is 29.8. The molecule has 3 unspecified atom stereocenters. The number of carbonyl (C=O) groups is 3. The van der Waals surface area contributed by atoms with E-state index >= 15 is 0 Å². The Morgan fingerprint density at radius 3 is 2.33 bits per heavy atom. The van der Waals surface area contributed by atoms with Gasteiger partial charge in [-0.1, -0.05) is 76.8 Å². The molecule has 202 valence electrons. The standard InChI is InChI=1S/C29H45NO6/c1-6-8-9-10-14-17-25-21(4)29(34)36-27(20(3)7-2)28(33)30(5)23(24(31)19-26(32)35-25)18-22-15-12-11-13-16-22/h11-13,15-16,20-21,23-25,27,31H,6-10,14,17-19H2,1-5H3/t20?,21-,23-,24+,25?,27?/m0/s1. The van der Waals surface area contributed by atoms with E-state index in [-0.39, 0.29) is 18.2 Å². The number of ether oxygens (including phenoxy) is 2. The first-order chi connectivity index (χ1) is 17.2. The number of likely N-dealkylation sites (N-methyl/N-ethyl adjacent to an activating group) is 1. The van der Waals surface area contributed by atoms with E-state index in [4.69, 9.17) is 9.47 Å². The third-order valence-corrected chi connectivity index (χ3v) is 7.40. The van der Waals surface area contributed by atoms with Crippen molar-refractivity contribution in [2.45, 2.75) is 110 Å².